The van der Waals surface area contributed by atoms with Gasteiger partial charge < -0.3 is 14.6 Å². The van der Waals surface area contributed by atoms with Gasteiger partial charge in [-0.1, -0.05) is 13.8 Å². The third-order valence-electron chi connectivity index (χ3n) is 1.70. The first-order valence-corrected chi connectivity index (χ1v) is 3.70. The summed E-state index contributed by atoms with van der Waals surface area (Å²) in [6, 6.07) is 0. The smallest absolute Gasteiger partial charge is 0.304 e. The van der Waals surface area contributed by atoms with E-state index in [4.69, 9.17) is 14.6 Å². The van der Waals surface area contributed by atoms with E-state index >= 15 is 0 Å². The van der Waals surface area contributed by atoms with E-state index < -0.39 is 17.7 Å². The SMILES string of the molecule is CC(C)(CC(=O)O)C1OC=CO1. The van der Waals surface area contributed by atoms with Gasteiger partial charge in [0, 0.05) is 5.41 Å². The molecule has 0 saturated heterocycles. The van der Waals surface area contributed by atoms with Gasteiger partial charge in [0.05, 0.1) is 6.42 Å². The van der Waals surface area contributed by atoms with Crippen molar-refractivity contribution >= 4 is 5.97 Å². The normalized spacial score (nSPS) is 17.2. The summed E-state index contributed by atoms with van der Waals surface area (Å²) < 4.78 is 10.1. The molecule has 0 atom stereocenters. The summed E-state index contributed by atoms with van der Waals surface area (Å²) in [4.78, 5) is 10.4. The molecule has 0 amide bonds. The van der Waals surface area contributed by atoms with Crippen molar-refractivity contribution in [1.29, 1.82) is 0 Å². The van der Waals surface area contributed by atoms with Crippen molar-refractivity contribution in [3.63, 3.8) is 0 Å². The van der Waals surface area contributed by atoms with E-state index in [2.05, 4.69) is 0 Å². The molecule has 0 aromatic rings. The molecule has 4 nitrogen and oxygen atoms in total. The Morgan fingerprint density at radius 2 is 2.00 bits per heavy atom. The first-order chi connectivity index (χ1) is 5.52. The second kappa shape index (κ2) is 3.05. The van der Waals surface area contributed by atoms with Crippen LogP contribution in [0.3, 0.4) is 0 Å². The molecule has 1 aliphatic rings. The zero-order valence-corrected chi connectivity index (χ0v) is 7.11. The molecule has 0 unspecified atom stereocenters. The molecular weight excluding hydrogens is 160 g/mol. The van der Waals surface area contributed by atoms with E-state index in [9.17, 15) is 4.79 Å². The standard InChI is InChI=1S/C8H12O4/c1-8(2,5-6(9)10)7-11-3-4-12-7/h3-4,7H,5H2,1-2H3,(H,9,10). The first kappa shape index (κ1) is 8.90. The van der Waals surface area contributed by atoms with E-state index in [0.717, 1.165) is 0 Å². The maximum Gasteiger partial charge on any atom is 0.304 e. The molecule has 1 aliphatic heterocycles. The third-order valence-corrected chi connectivity index (χ3v) is 1.70. The number of carbonyl (C=O) groups is 1. The Morgan fingerprint density at radius 3 is 2.42 bits per heavy atom. The van der Waals surface area contributed by atoms with Gasteiger partial charge in [-0.2, -0.15) is 0 Å². The Hall–Kier alpha value is -1.19. The Bertz CT molecular complexity index is 199. The lowest BCUT2D eigenvalue weighted by atomic mass is 9.88. The maximum absolute atomic E-state index is 10.4. The summed E-state index contributed by atoms with van der Waals surface area (Å²) in [7, 11) is 0. The predicted octanol–water partition coefficient (Wildman–Crippen LogP) is 1.33. The van der Waals surface area contributed by atoms with Gasteiger partial charge in [0.25, 0.3) is 0 Å². The van der Waals surface area contributed by atoms with Crippen molar-refractivity contribution in [2.75, 3.05) is 0 Å². The van der Waals surface area contributed by atoms with Gasteiger partial charge in [0.2, 0.25) is 6.29 Å². The Kier molecular flexibility index (Phi) is 2.26. The van der Waals surface area contributed by atoms with E-state index in [0.29, 0.717) is 0 Å². The van der Waals surface area contributed by atoms with Crippen molar-refractivity contribution in [3.05, 3.63) is 12.5 Å². The van der Waals surface area contributed by atoms with Crippen LogP contribution >= 0.6 is 0 Å². The summed E-state index contributed by atoms with van der Waals surface area (Å²) in [5, 5.41) is 8.58. The monoisotopic (exact) mass is 172 g/mol. The summed E-state index contributed by atoms with van der Waals surface area (Å²) in [6.07, 6.45) is 2.40. The van der Waals surface area contributed by atoms with Gasteiger partial charge in [-0.05, 0) is 0 Å². The highest BCUT2D eigenvalue weighted by Crippen LogP contribution is 2.30. The number of rotatable bonds is 3. The zero-order valence-electron chi connectivity index (χ0n) is 7.11. The van der Waals surface area contributed by atoms with Crippen LogP contribution in [0.1, 0.15) is 20.3 Å². The molecule has 0 fully saturated rings. The molecule has 0 saturated carbocycles. The summed E-state index contributed by atoms with van der Waals surface area (Å²) in [5.41, 5.74) is -0.505. The number of hydrogen-bond donors (Lipinski definition) is 1. The highest BCUT2D eigenvalue weighted by atomic mass is 16.7. The quantitative estimate of drug-likeness (QED) is 0.697. The number of aliphatic carboxylic acids is 1. The first-order valence-electron chi connectivity index (χ1n) is 3.70. The molecule has 0 aromatic carbocycles. The molecule has 4 heteroatoms. The van der Waals surface area contributed by atoms with E-state index in [1.165, 1.54) is 12.5 Å². The van der Waals surface area contributed by atoms with Crippen LogP contribution in [0.4, 0.5) is 0 Å². The zero-order chi connectivity index (χ0) is 9.19. The highest BCUT2D eigenvalue weighted by Gasteiger charge is 2.35. The third kappa shape index (κ3) is 1.90. The van der Waals surface area contributed by atoms with Crippen LogP contribution in [0.2, 0.25) is 0 Å². The van der Waals surface area contributed by atoms with Crippen molar-refractivity contribution in [1.82, 2.24) is 0 Å². The fourth-order valence-corrected chi connectivity index (χ4v) is 1.08. The Morgan fingerprint density at radius 1 is 1.50 bits per heavy atom. The maximum atomic E-state index is 10.4. The molecule has 1 N–H and O–H groups in total. The van der Waals surface area contributed by atoms with Crippen LogP contribution < -0.4 is 0 Å². The van der Waals surface area contributed by atoms with Gasteiger partial charge in [-0.25, -0.2) is 0 Å². The highest BCUT2D eigenvalue weighted by molar-refractivity contribution is 5.67. The second-order valence-corrected chi connectivity index (χ2v) is 3.44. The Balaban J connectivity index is 2.52. The molecule has 0 radical (unpaired) electrons. The van der Waals surface area contributed by atoms with E-state index in [1.54, 1.807) is 13.8 Å². The molecule has 0 bridgehead atoms. The lowest BCUT2D eigenvalue weighted by molar-refractivity contribution is -0.150. The molecule has 0 aliphatic carbocycles. The molecule has 68 valence electrons. The number of carboxylic acids is 1. The summed E-state index contributed by atoms with van der Waals surface area (Å²) in [5.74, 6) is -0.848. The Labute approximate surface area is 70.8 Å². The predicted molar refractivity (Wildman–Crippen MR) is 41.1 cm³/mol. The molecule has 1 heterocycles. The van der Waals surface area contributed by atoms with Gasteiger partial charge in [0.1, 0.15) is 12.5 Å². The van der Waals surface area contributed by atoms with Gasteiger partial charge >= 0.3 is 5.97 Å². The van der Waals surface area contributed by atoms with Crippen LogP contribution in [-0.4, -0.2) is 17.4 Å². The fourth-order valence-electron chi connectivity index (χ4n) is 1.08. The number of ether oxygens (including phenoxy) is 2. The molecule has 0 spiro atoms. The average Bonchev–Trinajstić information content (AvgIpc) is 2.32. The molecule has 12 heavy (non-hydrogen) atoms. The largest absolute Gasteiger partial charge is 0.481 e. The topological polar surface area (TPSA) is 55.8 Å². The van der Waals surface area contributed by atoms with Crippen molar-refractivity contribution < 1.29 is 19.4 Å². The average molecular weight is 172 g/mol. The minimum absolute atomic E-state index is 0.0271. The molecular formula is C8H12O4. The van der Waals surface area contributed by atoms with Crippen LogP contribution in [0.15, 0.2) is 12.5 Å². The van der Waals surface area contributed by atoms with Crippen molar-refractivity contribution in [2.45, 2.75) is 26.6 Å². The van der Waals surface area contributed by atoms with Crippen molar-refractivity contribution in [3.8, 4) is 0 Å². The van der Waals surface area contributed by atoms with Crippen molar-refractivity contribution in [2.24, 2.45) is 5.41 Å². The summed E-state index contributed by atoms with van der Waals surface area (Å²) in [6.45, 7) is 3.58. The lowest BCUT2D eigenvalue weighted by Gasteiger charge is -2.27. The van der Waals surface area contributed by atoms with Crippen LogP contribution in [0.5, 0.6) is 0 Å². The van der Waals surface area contributed by atoms with E-state index in [1.807, 2.05) is 0 Å². The number of hydrogen-bond acceptors (Lipinski definition) is 3. The van der Waals surface area contributed by atoms with Gasteiger partial charge in [0.15, 0.2) is 0 Å². The minimum atomic E-state index is -0.848. The van der Waals surface area contributed by atoms with Crippen LogP contribution in [0, 0.1) is 5.41 Å². The van der Waals surface area contributed by atoms with Crippen LogP contribution in [0.25, 0.3) is 0 Å². The van der Waals surface area contributed by atoms with E-state index in [-0.39, 0.29) is 6.42 Å². The summed E-state index contributed by atoms with van der Waals surface area (Å²) >= 11 is 0. The second-order valence-electron chi connectivity index (χ2n) is 3.44. The lowest BCUT2D eigenvalue weighted by Crippen LogP contribution is -2.32. The fraction of sp³-hybridized carbons (Fsp3) is 0.625. The van der Waals surface area contributed by atoms with Crippen LogP contribution in [-0.2, 0) is 14.3 Å². The minimum Gasteiger partial charge on any atom is -0.481 e. The van der Waals surface area contributed by atoms with Gasteiger partial charge in [-0.3, -0.25) is 4.79 Å². The van der Waals surface area contributed by atoms with Gasteiger partial charge in [-0.15, -0.1) is 0 Å². The molecule has 1 rings (SSSR count). The number of carboxylic acid groups (broad SMARTS) is 1. The molecule has 0 aromatic heterocycles.